The van der Waals surface area contributed by atoms with E-state index in [0.717, 1.165) is 11.1 Å². The number of phenolic OH excluding ortho intramolecular Hbond substituents is 1. The number of aromatic nitrogens is 3. The summed E-state index contributed by atoms with van der Waals surface area (Å²) >= 11 is 0. The zero-order chi connectivity index (χ0) is 21.3. The Morgan fingerprint density at radius 1 is 1.23 bits per heavy atom. The molecule has 3 aromatic rings. The molecule has 1 saturated heterocycles. The van der Waals surface area contributed by atoms with Gasteiger partial charge in [0.1, 0.15) is 11.6 Å². The molecule has 154 valence electrons. The SMILES string of the molecule is Cn1cc(-c2cnc(N)c(C(=O)N[C@@H]3CCN(C(=O)c4cccc(O)c4)C3)c2)cn1. The van der Waals surface area contributed by atoms with E-state index in [2.05, 4.69) is 15.4 Å². The number of anilines is 1. The van der Waals surface area contributed by atoms with Crippen LogP contribution in [0.25, 0.3) is 11.1 Å². The molecule has 1 atom stereocenters. The molecule has 0 saturated carbocycles. The van der Waals surface area contributed by atoms with E-state index in [1.54, 1.807) is 40.2 Å². The minimum absolute atomic E-state index is 0.0429. The molecule has 4 N–H and O–H groups in total. The number of hydrogen-bond acceptors (Lipinski definition) is 6. The minimum Gasteiger partial charge on any atom is -0.508 e. The van der Waals surface area contributed by atoms with Crippen LogP contribution >= 0.6 is 0 Å². The molecule has 0 radical (unpaired) electrons. The summed E-state index contributed by atoms with van der Waals surface area (Å²) < 4.78 is 1.67. The van der Waals surface area contributed by atoms with Crippen molar-refractivity contribution < 1.29 is 14.7 Å². The van der Waals surface area contributed by atoms with E-state index >= 15 is 0 Å². The molecule has 0 bridgehead atoms. The van der Waals surface area contributed by atoms with Crippen LogP contribution in [0.3, 0.4) is 0 Å². The number of phenols is 1. The number of carbonyl (C=O) groups is 2. The number of rotatable bonds is 4. The lowest BCUT2D eigenvalue weighted by Crippen LogP contribution is -2.38. The van der Waals surface area contributed by atoms with Gasteiger partial charge in [-0.3, -0.25) is 14.3 Å². The molecule has 3 heterocycles. The second kappa shape index (κ2) is 7.86. The van der Waals surface area contributed by atoms with E-state index < -0.39 is 0 Å². The summed E-state index contributed by atoms with van der Waals surface area (Å²) in [7, 11) is 1.81. The van der Waals surface area contributed by atoms with Gasteiger partial charge in [0.2, 0.25) is 0 Å². The third kappa shape index (κ3) is 3.95. The van der Waals surface area contributed by atoms with E-state index in [1.807, 2.05) is 13.2 Å². The van der Waals surface area contributed by atoms with Gasteiger partial charge in [-0.1, -0.05) is 6.07 Å². The maximum Gasteiger partial charge on any atom is 0.255 e. The Morgan fingerprint density at radius 3 is 2.80 bits per heavy atom. The van der Waals surface area contributed by atoms with E-state index in [0.29, 0.717) is 25.1 Å². The highest BCUT2D eigenvalue weighted by Crippen LogP contribution is 2.22. The Kier molecular flexibility index (Phi) is 5.09. The summed E-state index contributed by atoms with van der Waals surface area (Å²) in [6.07, 6.45) is 5.76. The van der Waals surface area contributed by atoms with Gasteiger partial charge in [0.05, 0.1) is 11.8 Å². The second-order valence-electron chi connectivity index (χ2n) is 7.32. The molecule has 9 nitrogen and oxygen atoms in total. The number of likely N-dealkylation sites (tertiary alicyclic amines) is 1. The van der Waals surface area contributed by atoms with Gasteiger partial charge in [-0.25, -0.2) is 4.98 Å². The molecule has 1 fully saturated rings. The quantitative estimate of drug-likeness (QED) is 0.601. The zero-order valence-corrected chi connectivity index (χ0v) is 16.4. The van der Waals surface area contributed by atoms with Gasteiger partial charge in [0.15, 0.2) is 0 Å². The lowest BCUT2D eigenvalue weighted by Gasteiger charge is -2.17. The second-order valence-corrected chi connectivity index (χ2v) is 7.32. The number of nitrogens with one attached hydrogen (secondary N) is 1. The Balaban J connectivity index is 1.44. The van der Waals surface area contributed by atoms with Crippen molar-refractivity contribution in [2.75, 3.05) is 18.8 Å². The van der Waals surface area contributed by atoms with E-state index in [1.165, 1.54) is 12.1 Å². The first-order chi connectivity index (χ1) is 14.4. The monoisotopic (exact) mass is 406 g/mol. The van der Waals surface area contributed by atoms with Crippen LogP contribution in [0.2, 0.25) is 0 Å². The van der Waals surface area contributed by atoms with Crippen molar-refractivity contribution in [2.24, 2.45) is 7.05 Å². The maximum atomic E-state index is 12.8. The summed E-state index contributed by atoms with van der Waals surface area (Å²) in [6.45, 7) is 0.902. The number of nitrogens with zero attached hydrogens (tertiary/aromatic N) is 4. The van der Waals surface area contributed by atoms with Crippen LogP contribution in [0, 0.1) is 0 Å². The average Bonchev–Trinajstić information content (AvgIpc) is 3.37. The number of aromatic hydroxyl groups is 1. The van der Waals surface area contributed by atoms with Crippen molar-refractivity contribution in [2.45, 2.75) is 12.5 Å². The number of aryl methyl sites for hydroxylation is 1. The van der Waals surface area contributed by atoms with Gasteiger partial charge in [-0.15, -0.1) is 0 Å². The van der Waals surface area contributed by atoms with Crippen molar-refractivity contribution in [1.82, 2.24) is 25.0 Å². The molecule has 0 unspecified atom stereocenters. The number of benzene rings is 1. The highest BCUT2D eigenvalue weighted by atomic mass is 16.3. The predicted octanol–water partition coefficient (Wildman–Crippen LogP) is 1.41. The Morgan fingerprint density at radius 2 is 2.07 bits per heavy atom. The Labute approximate surface area is 173 Å². The van der Waals surface area contributed by atoms with E-state index in [-0.39, 0.29) is 35.0 Å². The van der Waals surface area contributed by atoms with Gasteiger partial charge in [0.25, 0.3) is 11.8 Å². The molecule has 4 rings (SSSR count). The Bertz CT molecular complexity index is 1110. The molecule has 2 aromatic heterocycles. The number of hydrogen-bond donors (Lipinski definition) is 3. The van der Waals surface area contributed by atoms with Crippen LogP contribution in [0.15, 0.2) is 48.9 Å². The Hall–Kier alpha value is -3.88. The fourth-order valence-corrected chi connectivity index (χ4v) is 3.53. The normalized spacial score (nSPS) is 15.9. The van der Waals surface area contributed by atoms with Crippen LogP contribution < -0.4 is 11.1 Å². The summed E-state index contributed by atoms with van der Waals surface area (Å²) in [5.74, 6) is -0.322. The number of pyridine rings is 1. The molecular weight excluding hydrogens is 384 g/mol. The summed E-state index contributed by atoms with van der Waals surface area (Å²) in [5, 5.41) is 16.7. The third-order valence-corrected chi connectivity index (χ3v) is 5.11. The van der Waals surface area contributed by atoms with Crippen molar-refractivity contribution in [3.05, 3.63) is 60.0 Å². The first-order valence-electron chi connectivity index (χ1n) is 9.54. The lowest BCUT2D eigenvalue weighted by molar-refractivity contribution is 0.0783. The molecule has 1 aliphatic heterocycles. The smallest absolute Gasteiger partial charge is 0.255 e. The van der Waals surface area contributed by atoms with Crippen LogP contribution in [-0.2, 0) is 7.05 Å². The van der Waals surface area contributed by atoms with Gasteiger partial charge in [-0.2, -0.15) is 5.10 Å². The molecular formula is C21H22N6O3. The van der Waals surface area contributed by atoms with Gasteiger partial charge in [-0.05, 0) is 30.7 Å². The maximum absolute atomic E-state index is 12.8. The van der Waals surface area contributed by atoms with Crippen molar-refractivity contribution in [3.63, 3.8) is 0 Å². The van der Waals surface area contributed by atoms with E-state index in [9.17, 15) is 14.7 Å². The van der Waals surface area contributed by atoms with Crippen LogP contribution in [0.4, 0.5) is 5.82 Å². The summed E-state index contributed by atoms with van der Waals surface area (Å²) in [5.41, 5.74) is 8.22. The van der Waals surface area contributed by atoms with Crippen molar-refractivity contribution in [3.8, 4) is 16.9 Å². The minimum atomic E-state index is -0.331. The molecule has 9 heteroatoms. The van der Waals surface area contributed by atoms with Gasteiger partial charge < -0.3 is 21.1 Å². The molecule has 30 heavy (non-hydrogen) atoms. The van der Waals surface area contributed by atoms with E-state index in [4.69, 9.17) is 5.73 Å². The number of nitrogens with two attached hydrogens (primary N) is 1. The zero-order valence-electron chi connectivity index (χ0n) is 16.4. The largest absolute Gasteiger partial charge is 0.508 e. The van der Waals surface area contributed by atoms with Crippen LogP contribution in [-0.4, -0.2) is 55.7 Å². The predicted molar refractivity (Wildman–Crippen MR) is 111 cm³/mol. The van der Waals surface area contributed by atoms with Crippen LogP contribution in [0.1, 0.15) is 27.1 Å². The molecule has 1 aliphatic rings. The number of amides is 2. The molecule has 2 amide bonds. The number of carbonyl (C=O) groups excluding carboxylic acids is 2. The third-order valence-electron chi connectivity index (χ3n) is 5.11. The first-order valence-corrected chi connectivity index (χ1v) is 9.54. The average molecular weight is 406 g/mol. The number of nitrogen functional groups attached to an aromatic ring is 1. The topological polar surface area (TPSA) is 126 Å². The van der Waals surface area contributed by atoms with Gasteiger partial charge >= 0.3 is 0 Å². The summed E-state index contributed by atoms with van der Waals surface area (Å²) in [6, 6.07) is 7.74. The molecule has 0 aliphatic carbocycles. The highest BCUT2D eigenvalue weighted by molar-refractivity contribution is 6.00. The highest BCUT2D eigenvalue weighted by Gasteiger charge is 2.29. The van der Waals surface area contributed by atoms with Gasteiger partial charge in [0, 0.05) is 55.3 Å². The molecule has 0 spiro atoms. The fraction of sp³-hybridized carbons (Fsp3) is 0.238. The lowest BCUT2D eigenvalue weighted by atomic mass is 10.1. The fourth-order valence-electron chi connectivity index (χ4n) is 3.53. The summed E-state index contributed by atoms with van der Waals surface area (Å²) in [4.78, 5) is 31.2. The van der Waals surface area contributed by atoms with Crippen molar-refractivity contribution >= 4 is 17.6 Å². The van der Waals surface area contributed by atoms with Crippen LogP contribution in [0.5, 0.6) is 5.75 Å². The first kappa shape index (κ1) is 19.4. The van der Waals surface area contributed by atoms with Crippen molar-refractivity contribution in [1.29, 1.82) is 0 Å². The standard InChI is InChI=1S/C21H22N6O3/c1-26-11-15(10-24-26)14-8-18(19(22)23-9-14)20(29)25-16-5-6-27(12-16)21(30)13-3-2-4-17(28)7-13/h2-4,7-11,16,28H,5-6,12H2,1H3,(H2,22,23)(H,25,29)/t16-/m1/s1. The molecule has 1 aromatic carbocycles.